The van der Waals surface area contributed by atoms with Gasteiger partial charge in [0.1, 0.15) is 0 Å². The van der Waals surface area contributed by atoms with Gasteiger partial charge in [-0.05, 0) is 5.92 Å². The summed E-state index contributed by atoms with van der Waals surface area (Å²) >= 11 is 1.37. The van der Waals surface area contributed by atoms with Gasteiger partial charge in [0, 0.05) is 0 Å². The number of hydrogen-bond acceptors (Lipinski definition) is 1. The molecular formula is C22H35AsO. The van der Waals surface area contributed by atoms with Crippen molar-refractivity contribution in [3.8, 4) is 0 Å². The number of benzene rings is 1. The number of allylic oxidation sites excluding steroid dienone is 2. The van der Waals surface area contributed by atoms with Crippen LogP contribution in [0.3, 0.4) is 0 Å². The van der Waals surface area contributed by atoms with E-state index >= 15 is 0 Å². The van der Waals surface area contributed by atoms with Gasteiger partial charge in [0.15, 0.2) is 0 Å². The maximum Gasteiger partial charge on any atom is -0.0414 e. The third kappa shape index (κ3) is 10.1. The van der Waals surface area contributed by atoms with Gasteiger partial charge in [0.25, 0.3) is 0 Å². The van der Waals surface area contributed by atoms with E-state index in [0.717, 1.165) is 15.8 Å². The zero-order chi connectivity index (χ0) is 17.6. The van der Waals surface area contributed by atoms with Gasteiger partial charge in [-0.3, -0.25) is 0 Å². The van der Waals surface area contributed by atoms with E-state index in [9.17, 15) is 4.79 Å². The molecule has 134 valence electrons. The molecule has 1 atom stereocenters. The SMILES string of the molecule is CC=C([AsH2])C(=O)c1ccccc1.CCCCCCCCCC1CC1. The van der Waals surface area contributed by atoms with Crippen molar-refractivity contribution in [3.63, 3.8) is 0 Å². The van der Waals surface area contributed by atoms with Crippen LogP contribution in [0.5, 0.6) is 0 Å². The second-order valence-corrected chi connectivity index (χ2v) is 8.10. The smallest absolute Gasteiger partial charge is 0.0414 e. The third-order valence-corrected chi connectivity index (χ3v) is 5.77. The van der Waals surface area contributed by atoms with Gasteiger partial charge in [-0.1, -0.05) is 71.1 Å². The first-order chi connectivity index (χ1) is 11.7. The minimum atomic E-state index is 0.137. The molecule has 0 spiro atoms. The fourth-order valence-corrected chi connectivity index (χ4v) is 3.03. The van der Waals surface area contributed by atoms with E-state index in [1.165, 1.54) is 81.1 Å². The Morgan fingerprint density at radius 1 is 1.04 bits per heavy atom. The molecule has 1 aromatic carbocycles. The summed E-state index contributed by atoms with van der Waals surface area (Å²) in [6.07, 6.45) is 16.8. The Morgan fingerprint density at radius 3 is 2.17 bits per heavy atom. The van der Waals surface area contributed by atoms with Gasteiger partial charge < -0.3 is 0 Å². The van der Waals surface area contributed by atoms with E-state index in [1.54, 1.807) is 0 Å². The topological polar surface area (TPSA) is 17.1 Å². The average Bonchev–Trinajstić information content (AvgIpc) is 3.45. The quantitative estimate of drug-likeness (QED) is 0.209. The van der Waals surface area contributed by atoms with Gasteiger partial charge >= 0.3 is 80.7 Å². The molecule has 1 unspecified atom stereocenters. The predicted molar refractivity (Wildman–Crippen MR) is 108 cm³/mol. The number of rotatable bonds is 10. The van der Waals surface area contributed by atoms with Crippen LogP contribution in [0.4, 0.5) is 0 Å². The first-order valence-electron chi connectivity index (χ1n) is 9.70. The number of unbranched alkanes of at least 4 members (excludes halogenated alkanes) is 6. The van der Waals surface area contributed by atoms with Gasteiger partial charge in [-0.25, -0.2) is 0 Å². The minimum Gasteiger partial charge on any atom is -0.0654 e. The standard InChI is InChI=1S/C12H24.C10H11AsO/c1-2-3-4-5-6-7-8-9-12-10-11-12;1-2-9(11)10(12)8-6-4-3-5-7-8/h12H,2-11H2,1H3;2-7H,11H2,1H3. The fraction of sp³-hybridized carbons (Fsp3) is 0.591. The molecule has 2 rings (SSSR count). The van der Waals surface area contributed by atoms with Gasteiger partial charge in [-0.15, -0.1) is 0 Å². The van der Waals surface area contributed by atoms with Crippen molar-refractivity contribution in [2.45, 2.75) is 78.1 Å². The Hall–Kier alpha value is -0.812. The summed E-state index contributed by atoms with van der Waals surface area (Å²) in [5, 5.41) is 0. The van der Waals surface area contributed by atoms with Crippen LogP contribution in [0, 0.1) is 5.92 Å². The second kappa shape index (κ2) is 13.5. The van der Waals surface area contributed by atoms with Crippen molar-refractivity contribution in [3.05, 3.63) is 46.3 Å². The van der Waals surface area contributed by atoms with E-state index in [0.29, 0.717) is 0 Å². The van der Waals surface area contributed by atoms with Crippen LogP contribution in [0.1, 0.15) is 88.4 Å². The molecular weight excluding hydrogens is 355 g/mol. The zero-order valence-electron chi connectivity index (χ0n) is 15.6. The summed E-state index contributed by atoms with van der Waals surface area (Å²) in [5.74, 6) is 1.29. The Labute approximate surface area is 157 Å². The van der Waals surface area contributed by atoms with Crippen molar-refractivity contribution in [2.24, 2.45) is 5.92 Å². The number of ketones is 1. The van der Waals surface area contributed by atoms with Crippen molar-refractivity contribution in [2.75, 3.05) is 0 Å². The van der Waals surface area contributed by atoms with Crippen LogP contribution in [-0.2, 0) is 0 Å². The maximum absolute atomic E-state index is 11.5. The molecule has 0 heterocycles. The summed E-state index contributed by atoms with van der Waals surface area (Å²) in [7, 11) is 0. The van der Waals surface area contributed by atoms with Crippen LogP contribution in [-0.4, -0.2) is 22.6 Å². The number of carbonyl (C=O) groups is 1. The van der Waals surface area contributed by atoms with Gasteiger partial charge in [0.05, 0.1) is 0 Å². The van der Waals surface area contributed by atoms with Crippen LogP contribution in [0.15, 0.2) is 40.8 Å². The molecule has 0 radical (unpaired) electrons. The molecule has 1 fully saturated rings. The van der Waals surface area contributed by atoms with E-state index < -0.39 is 0 Å². The zero-order valence-corrected chi connectivity index (χ0v) is 18.0. The minimum absolute atomic E-state index is 0.137. The van der Waals surface area contributed by atoms with Crippen molar-refractivity contribution < 1.29 is 4.79 Å². The first kappa shape index (κ1) is 21.2. The summed E-state index contributed by atoms with van der Waals surface area (Å²) in [4.78, 5) is 11.5. The van der Waals surface area contributed by atoms with E-state index in [-0.39, 0.29) is 5.78 Å². The normalized spacial score (nSPS) is 14.0. The average molecular weight is 390 g/mol. The van der Waals surface area contributed by atoms with E-state index in [4.69, 9.17) is 0 Å². The summed E-state index contributed by atoms with van der Waals surface area (Å²) in [6, 6.07) is 9.34. The van der Waals surface area contributed by atoms with Gasteiger partial charge in [-0.2, -0.15) is 0 Å². The predicted octanol–water partition coefficient (Wildman–Crippen LogP) is 5.94. The molecule has 0 amide bonds. The number of hydrogen-bond donors (Lipinski definition) is 0. The third-order valence-electron chi connectivity index (χ3n) is 4.52. The maximum atomic E-state index is 11.5. The Kier molecular flexibility index (Phi) is 11.9. The molecule has 1 nitrogen and oxygen atoms in total. The largest absolute Gasteiger partial charge is 0.0654 e. The summed E-state index contributed by atoms with van der Waals surface area (Å²) < 4.78 is 0.855. The summed E-state index contributed by atoms with van der Waals surface area (Å²) in [6.45, 7) is 4.17. The van der Waals surface area contributed by atoms with Gasteiger partial charge in [0.2, 0.25) is 0 Å². The molecule has 0 bridgehead atoms. The molecule has 24 heavy (non-hydrogen) atoms. The molecule has 1 aromatic rings. The Balaban J connectivity index is 0.000000240. The Bertz CT molecular complexity index is 474. The van der Waals surface area contributed by atoms with Crippen molar-refractivity contribution in [1.82, 2.24) is 0 Å². The van der Waals surface area contributed by atoms with Crippen LogP contribution in [0.2, 0.25) is 0 Å². The first-order valence-corrected chi connectivity index (χ1v) is 10.9. The molecule has 0 aromatic heterocycles. The van der Waals surface area contributed by atoms with E-state index in [2.05, 4.69) is 6.92 Å². The molecule has 1 aliphatic carbocycles. The second-order valence-electron chi connectivity index (χ2n) is 6.79. The van der Waals surface area contributed by atoms with Crippen LogP contribution < -0.4 is 0 Å². The van der Waals surface area contributed by atoms with Crippen molar-refractivity contribution in [1.29, 1.82) is 0 Å². The Morgan fingerprint density at radius 2 is 1.62 bits per heavy atom. The summed E-state index contributed by atoms with van der Waals surface area (Å²) in [5.41, 5.74) is 0.773. The monoisotopic (exact) mass is 390 g/mol. The number of Topliss-reactive ketones (excluding diaryl/α,β-unsaturated/α-hetero) is 1. The van der Waals surface area contributed by atoms with E-state index in [1.807, 2.05) is 43.3 Å². The number of carbonyl (C=O) groups excluding carboxylic acids is 1. The fourth-order valence-electron chi connectivity index (χ4n) is 2.68. The molecule has 0 N–H and O–H groups in total. The van der Waals surface area contributed by atoms with Crippen molar-refractivity contribution >= 4 is 22.6 Å². The molecule has 1 saturated carbocycles. The molecule has 1 aliphatic rings. The molecule has 0 aliphatic heterocycles. The molecule has 0 saturated heterocycles. The molecule has 2 heteroatoms. The van der Waals surface area contributed by atoms with Crippen LogP contribution in [0.25, 0.3) is 0 Å². The van der Waals surface area contributed by atoms with Crippen LogP contribution >= 0.6 is 0 Å².